The number of rotatable bonds is 2. The molecule has 0 unspecified atom stereocenters. The molecular weight excluding hydrogens is 410 g/mol. The second-order valence-corrected chi connectivity index (χ2v) is 8.90. The molecule has 0 aliphatic heterocycles. The average molecular weight is 432 g/mol. The summed E-state index contributed by atoms with van der Waals surface area (Å²) in [6.07, 6.45) is 3.77. The summed E-state index contributed by atoms with van der Waals surface area (Å²) in [4.78, 5) is 4.23. The number of pyridine rings is 1. The fraction of sp³-hybridized carbons (Fsp3) is 0. The molecule has 0 bridgehead atoms. The quantitative estimate of drug-likeness (QED) is 0.249. The molecule has 0 radical (unpaired) electrons. The number of fused-ring (bicyclic) bond motifs is 6. The van der Waals surface area contributed by atoms with E-state index < -0.39 is 0 Å². The van der Waals surface area contributed by atoms with Gasteiger partial charge in [0, 0.05) is 17.8 Å². The Labute approximate surface area is 197 Å². The van der Waals surface area contributed by atoms with Crippen molar-refractivity contribution >= 4 is 43.1 Å². The van der Waals surface area contributed by atoms with Crippen LogP contribution in [-0.2, 0) is 0 Å². The monoisotopic (exact) mass is 431 g/mol. The third-order valence-electron chi connectivity index (χ3n) is 6.91. The molecule has 6 aromatic carbocycles. The van der Waals surface area contributed by atoms with Gasteiger partial charge in [-0.25, -0.2) is 0 Å². The molecule has 0 atom stereocenters. The van der Waals surface area contributed by atoms with Gasteiger partial charge in [-0.2, -0.15) is 0 Å². The van der Waals surface area contributed by atoms with Crippen LogP contribution in [0.25, 0.3) is 65.3 Å². The van der Waals surface area contributed by atoms with Gasteiger partial charge in [-0.05, 0) is 84.2 Å². The maximum absolute atomic E-state index is 4.23. The highest BCUT2D eigenvalue weighted by molar-refractivity contribution is 6.17. The molecule has 1 heterocycles. The standard InChI is InChI=1S/C33H21N/c1-2-7-30-22(4-1)10-14-33-31-13-11-26(20-28(31)12-15-32(30)33)24-6-3-5-23(18-24)25-8-9-29-21-34-17-16-27(29)19-25/h1-21H. The molecule has 7 rings (SSSR count). The molecule has 0 aliphatic rings. The van der Waals surface area contributed by atoms with Gasteiger partial charge < -0.3 is 0 Å². The normalized spacial score (nSPS) is 11.5. The molecule has 0 saturated heterocycles. The minimum atomic E-state index is 1.16. The van der Waals surface area contributed by atoms with E-state index in [1.165, 1.54) is 60.0 Å². The molecule has 34 heavy (non-hydrogen) atoms. The summed E-state index contributed by atoms with van der Waals surface area (Å²) in [6.45, 7) is 0. The highest BCUT2D eigenvalue weighted by Gasteiger charge is 2.07. The summed E-state index contributed by atoms with van der Waals surface area (Å²) in [7, 11) is 0. The van der Waals surface area contributed by atoms with Crippen LogP contribution in [0.3, 0.4) is 0 Å². The van der Waals surface area contributed by atoms with Gasteiger partial charge in [0.2, 0.25) is 0 Å². The van der Waals surface area contributed by atoms with Crippen LogP contribution in [-0.4, -0.2) is 4.98 Å². The minimum absolute atomic E-state index is 1.16. The smallest absolute Gasteiger partial charge is 0.0346 e. The highest BCUT2D eigenvalue weighted by Crippen LogP contribution is 2.34. The molecule has 0 N–H and O–H groups in total. The van der Waals surface area contributed by atoms with Crippen molar-refractivity contribution in [3.63, 3.8) is 0 Å². The first kappa shape index (κ1) is 19.0. The predicted octanol–water partition coefficient (Wildman–Crippen LogP) is 9.03. The Balaban J connectivity index is 1.34. The largest absolute Gasteiger partial charge is 0.264 e. The Hall–Kier alpha value is -4.49. The molecule has 0 spiro atoms. The Morgan fingerprint density at radius 1 is 0.353 bits per heavy atom. The van der Waals surface area contributed by atoms with E-state index in [-0.39, 0.29) is 0 Å². The fourth-order valence-corrected chi connectivity index (χ4v) is 5.15. The zero-order valence-electron chi connectivity index (χ0n) is 18.6. The van der Waals surface area contributed by atoms with Gasteiger partial charge in [0.25, 0.3) is 0 Å². The molecule has 1 aromatic heterocycles. The maximum Gasteiger partial charge on any atom is 0.0346 e. The topological polar surface area (TPSA) is 12.9 Å². The van der Waals surface area contributed by atoms with Gasteiger partial charge in [-0.15, -0.1) is 0 Å². The molecule has 158 valence electrons. The predicted molar refractivity (Wildman–Crippen MR) is 145 cm³/mol. The first-order chi connectivity index (χ1) is 16.8. The summed E-state index contributed by atoms with van der Waals surface area (Å²) in [5.74, 6) is 0. The van der Waals surface area contributed by atoms with Crippen LogP contribution < -0.4 is 0 Å². The van der Waals surface area contributed by atoms with E-state index in [9.17, 15) is 0 Å². The number of hydrogen-bond acceptors (Lipinski definition) is 1. The summed E-state index contributed by atoms with van der Waals surface area (Å²) >= 11 is 0. The second kappa shape index (κ2) is 7.54. The van der Waals surface area contributed by atoms with Crippen molar-refractivity contribution in [3.05, 3.63) is 128 Å². The Morgan fingerprint density at radius 3 is 1.82 bits per heavy atom. The number of benzene rings is 6. The fourth-order valence-electron chi connectivity index (χ4n) is 5.15. The Kier molecular flexibility index (Phi) is 4.22. The van der Waals surface area contributed by atoms with Crippen LogP contribution in [0, 0.1) is 0 Å². The summed E-state index contributed by atoms with van der Waals surface area (Å²) in [5.41, 5.74) is 4.91. The molecule has 0 amide bonds. The van der Waals surface area contributed by atoms with Crippen molar-refractivity contribution in [3.8, 4) is 22.3 Å². The van der Waals surface area contributed by atoms with E-state index >= 15 is 0 Å². The lowest BCUT2D eigenvalue weighted by Crippen LogP contribution is -1.84. The van der Waals surface area contributed by atoms with E-state index in [0.29, 0.717) is 0 Å². The first-order valence-electron chi connectivity index (χ1n) is 11.6. The van der Waals surface area contributed by atoms with Crippen LogP contribution >= 0.6 is 0 Å². The Bertz CT molecular complexity index is 1860. The highest BCUT2D eigenvalue weighted by atomic mass is 14.6. The van der Waals surface area contributed by atoms with Gasteiger partial charge >= 0.3 is 0 Å². The van der Waals surface area contributed by atoms with Crippen molar-refractivity contribution in [2.45, 2.75) is 0 Å². The van der Waals surface area contributed by atoms with Crippen molar-refractivity contribution < 1.29 is 0 Å². The second-order valence-electron chi connectivity index (χ2n) is 8.90. The zero-order chi connectivity index (χ0) is 22.5. The van der Waals surface area contributed by atoms with E-state index in [0.717, 1.165) is 5.39 Å². The molecule has 0 aliphatic carbocycles. The average Bonchev–Trinajstić information content (AvgIpc) is 2.92. The lowest BCUT2D eigenvalue weighted by atomic mass is 9.93. The van der Waals surface area contributed by atoms with E-state index in [1.807, 2.05) is 12.4 Å². The zero-order valence-corrected chi connectivity index (χ0v) is 18.6. The number of nitrogens with zero attached hydrogens (tertiary/aromatic N) is 1. The number of aromatic nitrogens is 1. The van der Waals surface area contributed by atoms with Crippen molar-refractivity contribution in [1.82, 2.24) is 4.98 Å². The first-order valence-corrected chi connectivity index (χ1v) is 11.6. The van der Waals surface area contributed by atoms with E-state index in [2.05, 4.69) is 120 Å². The minimum Gasteiger partial charge on any atom is -0.264 e. The lowest BCUT2D eigenvalue weighted by molar-refractivity contribution is 1.36. The molecule has 1 nitrogen and oxygen atoms in total. The SMILES string of the molecule is c1cc(-c2ccc3cnccc3c2)cc(-c2ccc3c(ccc4c5ccccc5ccc34)c2)c1. The van der Waals surface area contributed by atoms with E-state index in [1.54, 1.807) is 0 Å². The Morgan fingerprint density at radius 2 is 0.971 bits per heavy atom. The van der Waals surface area contributed by atoms with E-state index in [4.69, 9.17) is 0 Å². The van der Waals surface area contributed by atoms with Gasteiger partial charge in [-0.1, -0.05) is 91.0 Å². The van der Waals surface area contributed by atoms with Gasteiger partial charge in [0.1, 0.15) is 0 Å². The van der Waals surface area contributed by atoms with Crippen LogP contribution in [0.2, 0.25) is 0 Å². The van der Waals surface area contributed by atoms with Crippen LogP contribution in [0.5, 0.6) is 0 Å². The van der Waals surface area contributed by atoms with Crippen molar-refractivity contribution in [1.29, 1.82) is 0 Å². The number of hydrogen-bond donors (Lipinski definition) is 0. The van der Waals surface area contributed by atoms with Gasteiger partial charge in [0.05, 0.1) is 0 Å². The van der Waals surface area contributed by atoms with Gasteiger partial charge in [-0.3, -0.25) is 4.98 Å². The third kappa shape index (κ3) is 3.06. The summed E-state index contributed by atoms with van der Waals surface area (Å²) in [5, 5.41) is 10.2. The molecule has 7 aromatic rings. The summed E-state index contributed by atoms with van der Waals surface area (Å²) in [6, 6.07) is 41.9. The van der Waals surface area contributed by atoms with Gasteiger partial charge in [0.15, 0.2) is 0 Å². The molecule has 1 heteroatoms. The third-order valence-corrected chi connectivity index (χ3v) is 6.91. The van der Waals surface area contributed by atoms with Crippen molar-refractivity contribution in [2.75, 3.05) is 0 Å². The van der Waals surface area contributed by atoms with Crippen LogP contribution in [0.15, 0.2) is 128 Å². The van der Waals surface area contributed by atoms with Crippen LogP contribution in [0.1, 0.15) is 0 Å². The molecule has 0 saturated carbocycles. The maximum atomic E-state index is 4.23. The van der Waals surface area contributed by atoms with Crippen molar-refractivity contribution in [2.24, 2.45) is 0 Å². The molecular formula is C33H21N. The summed E-state index contributed by atoms with van der Waals surface area (Å²) < 4.78 is 0. The lowest BCUT2D eigenvalue weighted by Gasteiger charge is -2.11. The molecule has 0 fully saturated rings. The van der Waals surface area contributed by atoms with Crippen LogP contribution in [0.4, 0.5) is 0 Å².